The zero-order valence-electron chi connectivity index (χ0n) is 19.4. The Hall–Kier alpha value is -3.11. The fourth-order valence-corrected chi connectivity index (χ4v) is 4.97. The van der Waals surface area contributed by atoms with Gasteiger partial charge in [-0.3, -0.25) is 4.79 Å². The molecule has 1 aromatic heterocycles. The van der Waals surface area contributed by atoms with Gasteiger partial charge in [0.05, 0.1) is 17.0 Å². The summed E-state index contributed by atoms with van der Waals surface area (Å²) in [6.07, 6.45) is 6.00. The van der Waals surface area contributed by atoms with E-state index in [0.29, 0.717) is 12.1 Å². The summed E-state index contributed by atoms with van der Waals surface area (Å²) in [6, 6.07) is 7.89. The molecule has 0 saturated carbocycles. The summed E-state index contributed by atoms with van der Waals surface area (Å²) in [7, 11) is -3.72. The van der Waals surface area contributed by atoms with Crippen LogP contribution in [0, 0.1) is 5.82 Å². The summed E-state index contributed by atoms with van der Waals surface area (Å²) in [4.78, 5) is 23.9. The maximum atomic E-state index is 15.0. The Morgan fingerprint density at radius 1 is 1.09 bits per heavy atom. The summed E-state index contributed by atoms with van der Waals surface area (Å²) >= 11 is 0. The van der Waals surface area contributed by atoms with Gasteiger partial charge < -0.3 is 9.67 Å². The molecule has 35 heavy (non-hydrogen) atoms. The van der Waals surface area contributed by atoms with Crippen molar-refractivity contribution in [2.45, 2.75) is 50.5 Å². The molecule has 0 spiro atoms. The van der Waals surface area contributed by atoms with Crippen LogP contribution in [0.5, 0.6) is 0 Å². The van der Waals surface area contributed by atoms with Crippen molar-refractivity contribution in [1.29, 1.82) is 0 Å². The molecule has 2 aromatic carbocycles. The monoisotopic (exact) mass is 506 g/mol. The van der Waals surface area contributed by atoms with Gasteiger partial charge >= 0.3 is 5.97 Å². The average molecular weight is 507 g/mol. The number of pyridine rings is 1. The molecule has 188 valence electrons. The molecule has 7 nitrogen and oxygen atoms in total. The van der Waals surface area contributed by atoms with Gasteiger partial charge in [0, 0.05) is 23.7 Å². The fraction of sp³-hybridized carbons (Fsp3) is 0.360. The number of halogens is 2. The Balaban J connectivity index is 1.91. The van der Waals surface area contributed by atoms with E-state index < -0.39 is 39.5 Å². The molecule has 3 aromatic rings. The van der Waals surface area contributed by atoms with E-state index in [1.54, 1.807) is 0 Å². The first-order chi connectivity index (χ1) is 16.7. The van der Waals surface area contributed by atoms with Crippen LogP contribution in [-0.2, 0) is 16.6 Å². The summed E-state index contributed by atoms with van der Waals surface area (Å²) in [6.45, 7) is 1.40. The lowest BCUT2D eigenvalue weighted by Gasteiger charge is -2.13. The van der Waals surface area contributed by atoms with Crippen molar-refractivity contribution in [2.75, 3.05) is 13.2 Å². The molecular formula is C25H28F2N2O5S. The normalized spacial score (nSPS) is 11.7. The molecule has 0 saturated heterocycles. The minimum atomic E-state index is -3.72. The molecule has 1 heterocycles. The van der Waals surface area contributed by atoms with Gasteiger partial charge in [-0.25, -0.2) is 26.7 Å². The summed E-state index contributed by atoms with van der Waals surface area (Å²) in [5.74, 6) is -2.27. The first-order valence-corrected chi connectivity index (χ1v) is 12.9. The van der Waals surface area contributed by atoms with Crippen LogP contribution in [0.25, 0.3) is 22.0 Å². The molecule has 0 atom stereocenters. The zero-order valence-corrected chi connectivity index (χ0v) is 20.2. The van der Waals surface area contributed by atoms with Crippen LogP contribution in [0.4, 0.5) is 8.78 Å². The lowest BCUT2D eigenvalue weighted by atomic mass is 10.0. The number of hydrogen-bond donors (Lipinski definition) is 2. The summed E-state index contributed by atoms with van der Waals surface area (Å²) in [5, 5.41) is 9.08. The average Bonchev–Trinajstić information content (AvgIpc) is 2.83. The Labute approximate surface area is 202 Å². The SMILES string of the molecule is CCCCCCCNS(=O)(=O)c1ccc(-c2cc3c(cc2F)c(=O)c(C(=O)O)cn3CCF)cc1. The number of alkyl halides is 1. The predicted octanol–water partition coefficient (Wildman–Crippen LogP) is 4.72. The highest BCUT2D eigenvalue weighted by molar-refractivity contribution is 7.89. The van der Waals surface area contributed by atoms with Crippen molar-refractivity contribution in [3.05, 3.63) is 64.2 Å². The van der Waals surface area contributed by atoms with Gasteiger partial charge in [0.2, 0.25) is 15.5 Å². The van der Waals surface area contributed by atoms with Crippen molar-refractivity contribution in [2.24, 2.45) is 0 Å². The molecule has 3 rings (SSSR count). The Morgan fingerprint density at radius 3 is 2.40 bits per heavy atom. The number of aromatic nitrogens is 1. The van der Waals surface area contributed by atoms with E-state index in [1.165, 1.54) is 34.9 Å². The minimum absolute atomic E-state index is 0.0384. The third-order valence-electron chi connectivity index (χ3n) is 5.77. The van der Waals surface area contributed by atoms with E-state index in [9.17, 15) is 31.9 Å². The van der Waals surface area contributed by atoms with Gasteiger partial charge in [0.25, 0.3) is 0 Å². The van der Waals surface area contributed by atoms with Crippen molar-refractivity contribution in [3.63, 3.8) is 0 Å². The Bertz CT molecular complexity index is 1370. The van der Waals surface area contributed by atoms with Crippen molar-refractivity contribution >= 4 is 26.9 Å². The van der Waals surface area contributed by atoms with E-state index in [1.807, 2.05) is 0 Å². The highest BCUT2D eigenvalue weighted by Crippen LogP contribution is 2.28. The molecule has 0 aliphatic carbocycles. The summed E-state index contributed by atoms with van der Waals surface area (Å²) < 4.78 is 57.0. The number of nitrogens with one attached hydrogen (secondary N) is 1. The number of carbonyl (C=O) groups is 1. The van der Waals surface area contributed by atoms with Gasteiger partial charge in [0.15, 0.2) is 0 Å². The number of carboxylic acids is 1. The van der Waals surface area contributed by atoms with Crippen molar-refractivity contribution in [3.8, 4) is 11.1 Å². The molecule has 0 aliphatic rings. The maximum Gasteiger partial charge on any atom is 0.341 e. The number of benzene rings is 2. The molecule has 0 aliphatic heterocycles. The fourth-order valence-electron chi connectivity index (χ4n) is 3.89. The van der Waals surface area contributed by atoms with Crippen molar-refractivity contribution in [1.82, 2.24) is 9.29 Å². The minimum Gasteiger partial charge on any atom is -0.477 e. The second-order valence-corrected chi connectivity index (χ2v) is 10.0. The highest BCUT2D eigenvalue weighted by Gasteiger charge is 2.19. The van der Waals surface area contributed by atoms with Crippen LogP contribution >= 0.6 is 0 Å². The molecule has 0 fully saturated rings. The van der Waals surface area contributed by atoms with Crippen LogP contribution in [0.1, 0.15) is 49.4 Å². The van der Waals surface area contributed by atoms with E-state index in [-0.39, 0.29) is 27.9 Å². The van der Waals surface area contributed by atoms with E-state index in [4.69, 9.17) is 0 Å². The zero-order chi connectivity index (χ0) is 25.6. The molecule has 2 N–H and O–H groups in total. The largest absolute Gasteiger partial charge is 0.477 e. The van der Waals surface area contributed by atoms with Crippen LogP contribution in [0.15, 0.2) is 52.3 Å². The predicted molar refractivity (Wildman–Crippen MR) is 130 cm³/mol. The third-order valence-corrected chi connectivity index (χ3v) is 7.25. The number of nitrogens with zero attached hydrogens (tertiary/aromatic N) is 1. The lowest BCUT2D eigenvalue weighted by Crippen LogP contribution is -2.24. The van der Waals surface area contributed by atoms with Crippen LogP contribution in [-0.4, -0.2) is 37.3 Å². The highest BCUT2D eigenvalue weighted by atomic mass is 32.2. The van der Waals surface area contributed by atoms with Gasteiger partial charge in [-0.15, -0.1) is 0 Å². The van der Waals surface area contributed by atoms with Gasteiger partial charge in [-0.1, -0.05) is 44.7 Å². The van der Waals surface area contributed by atoms with E-state index in [0.717, 1.165) is 44.4 Å². The van der Waals surface area contributed by atoms with Crippen LogP contribution < -0.4 is 10.2 Å². The standard InChI is InChI=1S/C25H28F2N2O5S/c1-2-3-4-5-6-12-28-35(33,34)18-9-7-17(8-10-18)19-15-23-20(14-22(19)27)24(30)21(25(31)32)16-29(23)13-11-26/h7-10,14-16,28H,2-6,11-13H2,1H3,(H,31,32). The number of sulfonamides is 1. The van der Waals surface area contributed by atoms with Crippen LogP contribution in [0.3, 0.4) is 0 Å². The Kier molecular flexibility index (Phi) is 8.74. The van der Waals surface area contributed by atoms with Gasteiger partial charge in [-0.2, -0.15) is 0 Å². The topological polar surface area (TPSA) is 105 Å². The number of fused-ring (bicyclic) bond motifs is 1. The molecular weight excluding hydrogens is 478 g/mol. The quantitative estimate of drug-likeness (QED) is 0.346. The molecule has 0 radical (unpaired) electrons. The van der Waals surface area contributed by atoms with Crippen LogP contribution in [0.2, 0.25) is 0 Å². The van der Waals surface area contributed by atoms with E-state index in [2.05, 4.69) is 11.6 Å². The number of unbranched alkanes of at least 4 members (excludes halogenated alkanes) is 4. The maximum absolute atomic E-state index is 15.0. The number of aromatic carboxylic acids is 1. The molecule has 0 amide bonds. The van der Waals surface area contributed by atoms with Gasteiger partial charge in [0.1, 0.15) is 18.1 Å². The number of aryl methyl sites for hydroxylation is 1. The Morgan fingerprint density at radius 2 is 1.77 bits per heavy atom. The molecule has 0 bridgehead atoms. The second kappa shape index (κ2) is 11.5. The lowest BCUT2D eigenvalue weighted by molar-refractivity contribution is 0.0694. The first-order valence-electron chi connectivity index (χ1n) is 11.5. The smallest absolute Gasteiger partial charge is 0.341 e. The van der Waals surface area contributed by atoms with Crippen molar-refractivity contribution < 1.29 is 27.1 Å². The number of rotatable bonds is 12. The molecule has 10 heteroatoms. The number of carboxylic acid groups (broad SMARTS) is 1. The van der Waals surface area contributed by atoms with Gasteiger partial charge in [-0.05, 0) is 36.2 Å². The van der Waals surface area contributed by atoms with E-state index >= 15 is 0 Å². The summed E-state index contributed by atoms with van der Waals surface area (Å²) in [5.41, 5.74) is -0.846. The molecule has 0 unspecified atom stereocenters. The first kappa shape index (κ1) is 26.5. The third kappa shape index (κ3) is 6.12. The second-order valence-electron chi connectivity index (χ2n) is 8.24. The number of hydrogen-bond acceptors (Lipinski definition) is 4.